The SMILES string of the molecule is COC(c1ncc(CCl)cn1)C(C)(C)C. The molecule has 3 nitrogen and oxygen atoms in total. The first-order valence-electron chi connectivity index (χ1n) is 4.88. The molecule has 0 aliphatic carbocycles. The monoisotopic (exact) mass is 228 g/mol. The topological polar surface area (TPSA) is 35.0 Å². The molecule has 0 amide bonds. The van der Waals surface area contributed by atoms with E-state index in [1.165, 1.54) is 0 Å². The van der Waals surface area contributed by atoms with Gasteiger partial charge < -0.3 is 4.74 Å². The van der Waals surface area contributed by atoms with Gasteiger partial charge in [0.2, 0.25) is 0 Å². The normalized spacial score (nSPS) is 13.9. The maximum Gasteiger partial charge on any atom is 0.157 e. The standard InChI is InChI=1S/C11H17ClN2O/c1-11(2,3)9(15-4)10-13-6-8(5-12)7-14-10/h6-7,9H,5H2,1-4H3. The second kappa shape index (κ2) is 4.90. The fraction of sp³-hybridized carbons (Fsp3) is 0.636. The van der Waals surface area contributed by atoms with Crippen LogP contribution in [-0.4, -0.2) is 17.1 Å². The number of rotatable bonds is 3. The smallest absolute Gasteiger partial charge is 0.157 e. The predicted molar refractivity (Wildman–Crippen MR) is 60.8 cm³/mol. The second-order valence-corrected chi connectivity index (χ2v) is 4.83. The van der Waals surface area contributed by atoms with Crippen molar-refractivity contribution in [2.45, 2.75) is 32.8 Å². The van der Waals surface area contributed by atoms with E-state index < -0.39 is 0 Å². The van der Waals surface area contributed by atoms with Gasteiger partial charge in [0, 0.05) is 25.1 Å². The van der Waals surface area contributed by atoms with Crippen molar-refractivity contribution in [3.05, 3.63) is 23.8 Å². The fourth-order valence-corrected chi connectivity index (χ4v) is 1.55. The number of hydrogen-bond acceptors (Lipinski definition) is 3. The van der Waals surface area contributed by atoms with E-state index in [0.717, 1.165) is 5.56 Å². The van der Waals surface area contributed by atoms with Crippen LogP contribution in [0.5, 0.6) is 0 Å². The minimum atomic E-state index is -0.0955. The van der Waals surface area contributed by atoms with Crippen molar-refractivity contribution >= 4 is 11.6 Å². The van der Waals surface area contributed by atoms with Gasteiger partial charge in [-0.15, -0.1) is 11.6 Å². The zero-order valence-electron chi connectivity index (χ0n) is 9.62. The van der Waals surface area contributed by atoms with Gasteiger partial charge in [-0.25, -0.2) is 9.97 Å². The summed E-state index contributed by atoms with van der Waals surface area (Å²) in [4.78, 5) is 8.53. The lowest BCUT2D eigenvalue weighted by Crippen LogP contribution is -2.22. The second-order valence-electron chi connectivity index (χ2n) is 4.56. The molecule has 0 aliphatic heterocycles. The fourth-order valence-electron chi connectivity index (χ4n) is 1.42. The van der Waals surface area contributed by atoms with E-state index >= 15 is 0 Å². The summed E-state index contributed by atoms with van der Waals surface area (Å²) in [6.07, 6.45) is 3.39. The van der Waals surface area contributed by atoms with Gasteiger partial charge in [0.25, 0.3) is 0 Å². The Labute approximate surface area is 95.8 Å². The molecule has 1 aromatic heterocycles. The molecule has 1 atom stereocenters. The van der Waals surface area contributed by atoms with Crippen molar-refractivity contribution in [3.63, 3.8) is 0 Å². The summed E-state index contributed by atoms with van der Waals surface area (Å²) in [6, 6.07) is 0. The largest absolute Gasteiger partial charge is 0.373 e. The number of alkyl halides is 1. The lowest BCUT2D eigenvalue weighted by atomic mass is 9.88. The summed E-state index contributed by atoms with van der Waals surface area (Å²) in [6.45, 7) is 6.29. The van der Waals surface area contributed by atoms with Gasteiger partial charge in [0.15, 0.2) is 5.82 Å². The third kappa shape index (κ3) is 3.14. The molecule has 0 spiro atoms. The first-order valence-corrected chi connectivity index (χ1v) is 5.42. The van der Waals surface area contributed by atoms with Crippen LogP contribution in [0.3, 0.4) is 0 Å². The van der Waals surface area contributed by atoms with Gasteiger partial charge in [0.05, 0.1) is 5.88 Å². The lowest BCUT2D eigenvalue weighted by molar-refractivity contribution is 0.00861. The van der Waals surface area contributed by atoms with Crippen molar-refractivity contribution in [3.8, 4) is 0 Å². The Hall–Kier alpha value is -0.670. The number of ether oxygens (including phenoxy) is 1. The van der Waals surface area contributed by atoms with E-state index in [1.807, 2.05) is 0 Å². The molecule has 1 unspecified atom stereocenters. The summed E-state index contributed by atoms with van der Waals surface area (Å²) in [7, 11) is 1.68. The summed E-state index contributed by atoms with van der Waals surface area (Å²) in [5, 5.41) is 0. The molecule has 0 N–H and O–H groups in total. The van der Waals surface area contributed by atoms with Crippen molar-refractivity contribution in [1.82, 2.24) is 9.97 Å². The molecule has 0 radical (unpaired) electrons. The maximum atomic E-state index is 5.67. The Morgan fingerprint density at radius 3 is 2.20 bits per heavy atom. The van der Waals surface area contributed by atoms with Crippen LogP contribution in [0.15, 0.2) is 12.4 Å². The zero-order valence-corrected chi connectivity index (χ0v) is 10.4. The number of nitrogens with zero attached hydrogens (tertiary/aromatic N) is 2. The summed E-state index contributed by atoms with van der Waals surface area (Å²) >= 11 is 5.67. The molecule has 0 aromatic carbocycles. The van der Waals surface area contributed by atoms with E-state index in [2.05, 4.69) is 30.7 Å². The number of methoxy groups -OCH3 is 1. The maximum absolute atomic E-state index is 5.67. The Bertz CT molecular complexity index is 305. The van der Waals surface area contributed by atoms with Crippen LogP contribution in [0, 0.1) is 5.41 Å². The van der Waals surface area contributed by atoms with Crippen LogP contribution in [0.1, 0.15) is 38.3 Å². The van der Waals surface area contributed by atoms with Gasteiger partial charge in [-0.1, -0.05) is 20.8 Å². The van der Waals surface area contributed by atoms with E-state index in [1.54, 1.807) is 19.5 Å². The van der Waals surface area contributed by atoms with Crippen molar-refractivity contribution in [1.29, 1.82) is 0 Å². The van der Waals surface area contributed by atoms with E-state index in [9.17, 15) is 0 Å². The van der Waals surface area contributed by atoms with Crippen molar-refractivity contribution in [2.24, 2.45) is 5.41 Å². The molecule has 4 heteroatoms. The van der Waals surface area contributed by atoms with Crippen LogP contribution in [-0.2, 0) is 10.6 Å². The molecule has 84 valence electrons. The van der Waals surface area contributed by atoms with Gasteiger partial charge in [-0.3, -0.25) is 0 Å². The van der Waals surface area contributed by atoms with Crippen LogP contribution < -0.4 is 0 Å². The van der Waals surface area contributed by atoms with Gasteiger partial charge >= 0.3 is 0 Å². The highest BCUT2D eigenvalue weighted by molar-refractivity contribution is 6.17. The van der Waals surface area contributed by atoms with E-state index in [0.29, 0.717) is 11.7 Å². The highest BCUT2D eigenvalue weighted by atomic mass is 35.5. The molecule has 0 fully saturated rings. The molecule has 1 rings (SSSR count). The molecule has 0 saturated carbocycles. The molecule has 15 heavy (non-hydrogen) atoms. The number of aromatic nitrogens is 2. The average molecular weight is 229 g/mol. The zero-order chi connectivity index (χ0) is 11.5. The first kappa shape index (κ1) is 12.4. The summed E-state index contributed by atoms with van der Waals surface area (Å²) in [5.41, 5.74) is 0.904. The molecule has 0 saturated heterocycles. The molecule has 0 aliphatic rings. The lowest BCUT2D eigenvalue weighted by Gasteiger charge is -2.27. The average Bonchev–Trinajstić information content (AvgIpc) is 2.18. The summed E-state index contributed by atoms with van der Waals surface area (Å²) < 4.78 is 5.42. The number of hydrogen-bond donors (Lipinski definition) is 0. The highest BCUT2D eigenvalue weighted by Crippen LogP contribution is 2.33. The third-order valence-electron chi connectivity index (χ3n) is 2.14. The third-order valence-corrected chi connectivity index (χ3v) is 2.44. The van der Waals surface area contributed by atoms with E-state index in [4.69, 9.17) is 16.3 Å². The molecular formula is C11H17ClN2O. The summed E-state index contributed by atoms with van der Waals surface area (Å²) in [5.74, 6) is 1.15. The van der Waals surface area contributed by atoms with Crippen LogP contribution in [0.4, 0.5) is 0 Å². The first-order chi connectivity index (χ1) is 6.99. The van der Waals surface area contributed by atoms with Gasteiger partial charge in [-0.05, 0) is 5.41 Å². The van der Waals surface area contributed by atoms with Crippen LogP contribution in [0.2, 0.25) is 0 Å². The minimum Gasteiger partial charge on any atom is -0.373 e. The van der Waals surface area contributed by atoms with Gasteiger partial charge in [0.1, 0.15) is 6.10 Å². The quantitative estimate of drug-likeness (QED) is 0.747. The molecule has 0 bridgehead atoms. The Balaban J connectivity index is 2.93. The van der Waals surface area contributed by atoms with Crippen molar-refractivity contribution < 1.29 is 4.74 Å². The molecule has 1 heterocycles. The van der Waals surface area contributed by atoms with Crippen molar-refractivity contribution in [2.75, 3.05) is 7.11 Å². The molecular weight excluding hydrogens is 212 g/mol. The van der Waals surface area contributed by atoms with Crippen LogP contribution in [0.25, 0.3) is 0 Å². The Morgan fingerprint density at radius 2 is 1.87 bits per heavy atom. The van der Waals surface area contributed by atoms with E-state index in [-0.39, 0.29) is 11.5 Å². The van der Waals surface area contributed by atoms with Gasteiger partial charge in [-0.2, -0.15) is 0 Å². The van der Waals surface area contributed by atoms with Crippen LogP contribution >= 0.6 is 11.6 Å². The minimum absolute atomic E-state index is 0.0166. The molecule has 1 aromatic rings. The predicted octanol–water partition coefficient (Wildman–Crippen LogP) is 2.95. The Kier molecular flexibility index (Phi) is 4.05. The Morgan fingerprint density at radius 1 is 1.33 bits per heavy atom. The highest BCUT2D eigenvalue weighted by Gasteiger charge is 2.28. The number of halogens is 1.